The Balaban J connectivity index is 2.96. The highest BCUT2D eigenvalue weighted by atomic mass is 16.5. The number of esters is 2. The van der Waals surface area contributed by atoms with Crippen LogP contribution in [0.15, 0.2) is 11.1 Å². The van der Waals surface area contributed by atoms with Crippen molar-refractivity contribution in [2.24, 2.45) is 5.92 Å². The second kappa shape index (κ2) is 12.1. The van der Waals surface area contributed by atoms with Crippen LogP contribution in [0.1, 0.15) is 85.0 Å². The summed E-state index contributed by atoms with van der Waals surface area (Å²) in [6.45, 7) is 6.88. The molecule has 1 fully saturated rings. The van der Waals surface area contributed by atoms with Crippen molar-refractivity contribution < 1.29 is 19.1 Å². The Hall–Kier alpha value is -1.32. The molecule has 0 spiro atoms. The first-order valence-corrected chi connectivity index (χ1v) is 9.72. The molecule has 4 heteroatoms. The quantitative estimate of drug-likeness (QED) is 0.321. The minimum Gasteiger partial charge on any atom is -0.462 e. The Kier molecular flexibility index (Phi) is 10.4. The van der Waals surface area contributed by atoms with Crippen LogP contribution in [0, 0.1) is 5.92 Å². The minimum atomic E-state index is -0.334. The second-order valence-electron chi connectivity index (χ2n) is 6.56. The maximum Gasteiger partial charge on any atom is 0.334 e. The smallest absolute Gasteiger partial charge is 0.334 e. The van der Waals surface area contributed by atoms with Gasteiger partial charge in [0.1, 0.15) is 0 Å². The van der Waals surface area contributed by atoms with Crippen LogP contribution in [-0.2, 0) is 19.1 Å². The van der Waals surface area contributed by atoms with Gasteiger partial charge < -0.3 is 9.47 Å². The van der Waals surface area contributed by atoms with E-state index in [9.17, 15) is 9.59 Å². The van der Waals surface area contributed by atoms with Gasteiger partial charge in [-0.1, -0.05) is 52.9 Å². The fraction of sp³-hybridized carbons (Fsp3) is 0.800. The molecule has 0 aromatic carbocycles. The van der Waals surface area contributed by atoms with Crippen LogP contribution >= 0.6 is 0 Å². The molecule has 1 aliphatic rings. The van der Waals surface area contributed by atoms with Gasteiger partial charge in [0.2, 0.25) is 0 Å². The lowest BCUT2D eigenvalue weighted by Gasteiger charge is -2.25. The summed E-state index contributed by atoms with van der Waals surface area (Å²) >= 11 is 0. The van der Waals surface area contributed by atoms with E-state index in [0.29, 0.717) is 30.8 Å². The Morgan fingerprint density at radius 1 is 0.833 bits per heavy atom. The van der Waals surface area contributed by atoms with Crippen LogP contribution in [0.2, 0.25) is 0 Å². The average Bonchev–Trinajstić information content (AvgIpc) is 2.60. The van der Waals surface area contributed by atoms with Crippen molar-refractivity contribution in [3.05, 3.63) is 11.1 Å². The molecule has 0 aliphatic heterocycles. The normalized spacial score (nSPS) is 16.5. The predicted molar refractivity (Wildman–Crippen MR) is 95.6 cm³/mol. The topological polar surface area (TPSA) is 52.6 Å². The first kappa shape index (κ1) is 20.7. The molecule has 4 nitrogen and oxygen atoms in total. The molecule has 0 bridgehead atoms. The predicted octanol–water partition coefficient (Wildman–Crippen LogP) is 4.96. The van der Waals surface area contributed by atoms with Gasteiger partial charge in [0.25, 0.3) is 0 Å². The minimum absolute atomic E-state index is 0.140. The molecule has 138 valence electrons. The van der Waals surface area contributed by atoms with Gasteiger partial charge in [0.15, 0.2) is 0 Å². The third-order valence-electron chi connectivity index (χ3n) is 4.62. The summed E-state index contributed by atoms with van der Waals surface area (Å²) in [6.07, 6.45) is 9.53. The van der Waals surface area contributed by atoms with E-state index in [0.717, 1.165) is 51.4 Å². The fourth-order valence-corrected chi connectivity index (χ4v) is 3.16. The van der Waals surface area contributed by atoms with Crippen molar-refractivity contribution in [2.75, 3.05) is 13.2 Å². The molecule has 0 aromatic heterocycles. The summed E-state index contributed by atoms with van der Waals surface area (Å²) in [6, 6.07) is 0. The molecular formula is C20H34O4. The van der Waals surface area contributed by atoms with E-state index < -0.39 is 0 Å². The van der Waals surface area contributed by atoms with Gasteiger partial charge in [0.05, 0.1) is 18.8 Å². The number of carbonyl (C=O) groups is 2. The summed E-state index contributed by atoms with van der Waals surface area (Å²) < 4.78 is 10.8. The van der Waals surface area contributed by atoms with Crippen LogP contribution in [0.5, 0.6) is 0 Å². The van der Waals surface area contributed by atoms with Crippen LogP contribution in [0.4, 0.5) is 0 Å². The summed E-state index contributed by atoms with van der Waals surface area (Å²) in [5.41, 5.74) is 1.12. The largest absolute Gasteiger partial charge is 0.462 e. The average molecular weight is 338 g/mol. The summed E-state index contributed by atoms with van der Waals surface area (Å²) in [5.74, 6) is -0.500. The van der Waals surface area contributed by atoms with Crippen molar-refractivity contribution in [3.8, 4) is 0 Å². The van der Waals surface area contributed by atoms with Gasteiger partial charge in [-0.3, -0.25) is 0 Å². The lowest BCUT2D eigenvalue weighted by molar-refractivity contribution is -0.143. The van der Waals surface area contributed by atoms with Crippen LogP contribution < -0.4 is 0 Å². The summed E-state index contributed by atoms with van der Waals surface area (Å²) in [7, 11) is 0. The van der Waals surface area contributed by atoms with Crippen LogP contribution in [0.25, 0.3) is 0 Å². The second-order valence-corrected chi connectivity index (χ2v) is 6.56. The van der Waals surface area contributed by atoms with E-state index in [1.165, 1.54) is 6.42 Å². The third kappa shape index (κ3) is 6.66. The van der Waals surface area contributed by atoms with Gasteiger partial charge in [-0.25, -0.2) is 9.59 Å². The van der Waals surface area contributed by atoms with E-state index in [-0.39, 0.29) is 17.9 Å². The highest BCUT2D eigenvalue weighted by Gasteiger charge is 2.30. The first-order valence-electron chi connectivity index (χ1n) is 9.72. The fourth-order valence-electron chi connectivity index (χ4n) is 3.16. The standard InChI is InChI=1S/C20H34O4/c1-4-7-14-23-19(21)17(6-3)18(16-12-10-9-11-13-16)20(22)24-15-8-5-2/h16H,4-15H2,1-3H3. The number of unbranched alkanes of at least 4 members (excludes halogenated alkanes) is 2. The summed E-state index contributed by atoms with van der Waals surface area (Å²) in [5, 5.41) is 0. The van der Waals surface area contributed by atoms with Gasteiger partial charge in [-0.05, 0) is 38.0 Å². The monoisotopic (exact) mass is 338 g/mol. The molecule has 0 N–H and O–H groups in total. The molecule has 0 amide bonds. The molecule has 24 heavy (non-hydrogen) atoms. The zero-order valence-electron chi connectivity index (χ0n) is 15.7. The van der Waals surface area contributed by atoms with Crippen molar-refractivity contribution in [3.63, 3.8) is 0 Å². The van der Waals surface area contributed by atoms with Gasteiger partial charge in [-0.15, -0.1) is 0 Å². The number of hydrogen-bond donors (Lipinski definition) is 0. The van der Waals surface area contributed by atoms with Crippen molar-refractivity contribution in [1.29, 1.82) is 0 Å². The molecule has 0 saturated heterocycles. The van der Waals surface area contributed by atoms with E-state index in [2.05, 4.69) is 13.8 Å². The first-order chi connectivity index (χ1) is 11.7. The highest BCUT2D eigenvalue weighted by Crippen LogP contribution is 2.33. The van der Waals surface area contributed by atoms with E-state index in [1.807, 2.05) is 6.92 Å². The molecule has 0 aromatic rings. The Bertz CT molecular complexity index is 419. The maximum atomic E-state index is 12.7. The molecule has 0 heterocycles. The number of carbonyl (C=O) groups excluding carboxylic acids is 2. The lowest BCUT2D eigenvalue weighted by Crippen LogP contribution is -2.24. The van der Waals surface area contributed by atoms with E-state index in [1.54, 1.807) is 0 Å². The van der Waals surface area contributed by atoms with Gasteiger partial charge >= 0.3 is 11.9 Å². The molecular weight excluding hydrogens is 304 g/mol. The molecule has 0 radical (unpaired) electrons. The Morgan fingerprint density at radius 2 is 1.38 bits per heavy atom. The zero-order valence-corrected chi connectivity index (χ0v) is 15.7. The zero-order chi connectivity index (χ0) is 17.8. The number of ether oxygens (including phenoxy) is 2. The van der Waals surface area contributed by atoms with Crippen molar-refractivity contribution in [2.45, 2.75) is 85.0 Å². The Morgan fingerprint density at radius 3 is 1.88 bits per heavy atom. The van der Waals surface area contributed by atoms with E-state index >= 15 is 0 Å². The van der Waals surface area contributed by atoms with Gasteiger partial charge in [-0.2, -0.15) is 0 Å². The van der Waals surface area contributed by atoms with Gasteiger partial charge in [0, 0.05) is 5.57 Å². The lowest BCUT2D eigenvalue weighted by atomic mass is 9.81. The number of hydrogen-bond acceptors (Lipinski definition) is 4. The van der Waals surface area contributed by atoms with Crippen molar-refractivity contribution in [1.82, 2.24) is 0 Å². The molecule has 1 saturated carbocycles. The molecule has 0 atom stereocenters. The van der Waals surface area contributed by atoms with Crippen LogP contribution in [-0.4, -0.2) is 25.2 Å². The van der Waals surface area contributed by atoms with Crippen molar-refractivity contribution >= 4 is 11.9 Å². The molecule has 1 aliphatic carbocycles. The molecule has 0 unspecified atom stereocenters. The highest BCUT2D eigenvalue weighted by molar-refractivity contribution is 6.00. The van der Waals surface area contributed by atoms with E-state index in [4.69, 9.17) is 9.47 Å². The molecule has 1 rings (SSSR count). The Labute approximate surface area is 147 Å². The SMILES string of the molecule is CCCCOC(=O)C(CC)=C(C(=O)OCCCC)C1CCCCC1. The van der Waals surface area contributed by atoms with Crippen LogP contribution in [0.3, 0.4) is 0 Å². The third-order valence-corrected chi connectivity index (χ3v) is 4.62. The summed E-state index contributed by atoms with van der Waals surface area (Å²) in [4.78, 5) is 25.1. The number of rotatable bonds is 10. The maximum absolute atomic E-state index is 12.7.